The zero-order valence-electron chi connectivity index (χ0n) is 1.32. The second kappa shape index (κ2) is 19.7. The minimum atomic E-state index is 0. The molecule has 0 aromatic carbocycles. The summed E-state index contributed by atoms with van der Waals surface area (Å²) < 4.78 is 0. The average Bonchev–Trinajstić information content (AvgIpc) is 0. The van der Waals surface area contributed by atoms with Crippen LogP contribution in [0.1, 0.15) is 0 Å². The summed E-state index contributed by atoms with van der Waals surface area (Å²) in [5, 5.41) is 0. The fourth-order valence-corrected chi connectivity index (χ4v) is 0. The van der Waals surface area contributed by atoms with Gasteiger partial charge in [-0.3, -0.25) is 0 Å². The van der Waals surface area contributed by atoms with Crippen molar-refractivity contribution in [2.75, 3.05) is 0 Å². The fourth-order valence-electron chi connectivity index (χ4n) is 0. The molecule has 0 aromatic rings. The van der Waals surface area contributed by atoms with Crippen molar-refractivity contribution in [2.24, 2.45) is 0 Å². The van der Waals surface area contributed by atoms with Gasteiger partial charge in [0.25, 0.3) is 0 Å². The van der Waals surface area contributed by atoms with Gasteiger partial charge in [-0.05, 0) is 0 Å². The molecule has 0 saturated heterocycles. The molecule has 0 aliphatic carbocycles. The maximum Gasteiger partial charge on any atom is 0 e. The molecule has 0 amide bonds. The van der Waals surface area contributed by atoms with Gasteiger partial charge in [0.05, 0.1) is 0 Å². The van der Waals surface area contributed by atoms with Crippen molar-refractivity contribution in [1.82, 2.24) is 0 Å². The summed E-state index contributed by atoms with van der Waals surface area (Å²) in [5.74, 6) is 0. The first-order chi connectivity index (χ1) is 0. The Hall–Kier alpha value is 2.05. The molecular weight excluding hydrogens is 234 g/mol. The van der Waals surface area contributed by atoms with Gasteiger partial charge in [0.15, 0.2) is 0 Å². The predicted octanol–water partition coefficient (Wildman–Crippen LogP) is -0.0100. The smallest absolute Gasteiger partial charge is 0 e. The van der Waals surface area contributed by atoms with Crippen LogP contribution in [-0.4, -0.2) is 0 Å². The van der Waals surface area contributed by atoms with Crippen molar-refractivity contribution in [3.8, 4) is 0 Å². The Bertz CT molecular complexity index is 6.00. The van der Waals surface area contributed by atoms with E-state index < -0.39 is 0 Å². The molecule has 1 radical (unpaired) electrons. The van der Waals surface area contributed by atoms with Crippen molar-refractivity contribution in [3.05, 3.63) is 0 Å². The molecule has 0 fully saturated rings. The maximum absolute atomic E-state index is 0. The second-order valence-corrected chi connectivity index (χ2v) is 0. The van der Waals surface area contributed by atoms with Crippen LogP contribution in [0.5, 0.6) is 0 Å². The standard InChI is InChI=1S/Cu.2Fe.Ni. The Labute approximate surface area is 67.2 Å². The molecular formula is CuFe2Ni. The van der Waals surface area contributed by atoms with E-state index in [1.54, 1.807) is 0 Å². The van der Waals surface area contributed by atoms with Crippen LogP contribution in [0.2, 0.25) is 0 Å². The Balaban J connectivity index is 0. The first kappa shape index (κ1) is 36.7. The second-order valence-electron chi connectivity index (χ2n) is 0. The van der Waals surface area contributed by atoms with E-state index in [1.165, 1.54) is 0 Å². The van der Waals surface area contributed by atoms with Crippen molar-refractivity contribution in [3.63, 3.8) is 0 Å². The largest absolute Gasteiger partial charge is 0 e. The third-order valence-corrected chi connectivity index (χ3v) is 0. The predicted molar refractivity (Wildman–Crippen MR) is 0 cm³/mol. The van der Waals surface area contributed by atoms with Crippen LogP contribution in [0.25, 0.3) is 0 Å². The zero-order chi connectivity index (χ0) is 0. The van der Waals surface area contributed by atoms with Gasteiger partial charge in [-0.15, -0.1) is 0 Å². The van der Waals surface area contributed by atoms with E-state index in [1.807, 2.05) is 0 Å². The molecule has 0 aliphatic rings. The van der Waals surface area contributed by atoms with Crippen LogP contribution >= 0.6 is 0 Å². The SMILES string of the molecule is [Cu].[Fe].[Fe].[Ni]. The monoisotopic (exact) mass is 233 g/mol. The van der Waals surface area contributed by atoms with Gasteiger partial charge in [0.2, 0.25) is 0 Å². The molecule has 0 aromatic heterocycles. The number of rotatable bonds is 0. The molecule has 0 aliphatic heterocycles. The molecule has 0 N–H and O–H groups in total. The third kappa shape index (κ3) is 8.96. The molecule has 4 heteroatoms. The molecule has 0 spiro atoms. The van der Waals surface area contributed by atoms with Crippen LogP contribution in [-0.2, 0) is 67.7 Å². The first-order valence-electron chi connectivity index (χ1n) is 0. The summed E-state index contributed by atoms with van der Waals surface area (Å²) in [6, 6.07) is 0. The van der Waals surface area contributed by atoms with E-state index in [-0.39, 0.29) is 67.7 Å². The van der Waals surface area contributed by atoms with Gasteiger partial charge in [0.1, 0.15) is 0 Å². The summed E-state index contributed by atoms with van der Waals surface area (Å²) in [6.07, 6.45) is 0. The average molecular weight is 234 g/mol. The number of hydrogen-bond donors (Lipinski definition) is 0. The minimum absolute atomic E-state index is 0. The van der Waals surface area contributed by atoms with Gasteiger partial charge in [0, 0.05) is 67.7 Å². The van der Waals surface area contributed by atoms with E-state index in [0.29, 0.717) is 0 Å². The Morgan fingerprint density at radius 3 is 0.750 bits per heavy atom. The Morgan fingerprint density at radius 1 is 0.750 bits per heavy atom. The summed E-state index contributed by atoms with van der Waals surface area (Å²) in [7, 11) is 0. The molecule has 4 heavy (non-hydrogen) atoms. The van der Waals surface area contributed by atoms with Crippen LogP contribution in [0.4, 0.5) is 0 Å². The van der Waals surface area contributed by atoms with E-state index in [2.05, 4.69) is 0 Å². The van der Waals surface area contributed by atoms with E-state index in [4.69, 9.17) is 0 Å². The van der Waals surface area contributed by atoms with Crippen LogP contribution in [0.3, 0.4) is 0 Å². The molecule has 0 atom stereocenters. The molecule has 0 unspecified atom stereocenters. The van der Waals surface area contributed by atoms with Gasteiger partial charge in [-0.2, -0.15) is 0 Å². The molecule has 0 nitrogen and oxygen atoms in total. The molecule has 0 saturated carbocycles. The van der Waals surface area contributed by atoms with Crippen LogP contribution < -0.4 is 0 Å². The zero-order valence-corrected chi connectivity index (χ0v) is 5.46. The van der Waals surface area contributed by atoms with Gasteiger partial charge in [-0.25, -0.2) is 0 Å². The first-order valence-corrected chi connectivity index (χ1v) is 0. The van der Waals surface area contributed by atoms with Crippen molar-refractivity contribution < 1.29 is 67.7 Å². The molecule has 0 rings (SSSR count). The number of hydrogen-bond acceptors (Lipinski definition) is 0. The van der Waals surface area contributed by atoms with Crippen LogP contribution in [0.15, 0.2) is 0 Å². The summed E-state index contributed by atoms with van der Waals surface area (Å²) >= 11 is 0. The summed E-state index contributed by atoms with van der Waals surface area (Å²) in [6.45, 7) is 0. The topological polar surface area (TPSA) is 0 Å². The molecule has 0 bridgehead atoms. The van der Waals surface area contributed by atoms with E-state index in [0.717, 1.165) is 0 Å². The summed E-state index contributed by atoms with van der Waals surface area (Å²) in [4.78, 5) is 0. The maximum atomic E-state index is 0. The van der Waals surface area contributed by atoms with Crippen molar-refractivity contribution in [2.45, 2.75) is 0 Å². The van der Waals surface area contributed by atoms with Gasteiger partial charge in [-0.1, -0.05) is 0 Å². The fraction of sp³-hybridized carbons (Fsp3) is 0. The van der Waals surface area contributed by atoms with E-state index in [9.17, 15) is 0 Å². The normalized spacial score (nSPS) is 0. The molecule has 0 heterocycles. The quantitative estimate of drug-likeness (QED) is 0.517. The third-order valence-electron chi connectivity index (χ3n) is 0. The van der Waals surface area contributed by atoms with Crippen LogP contribution in [0, 0.1) is 0 Å². The van der Waals surface area contributed by atoms with E-state index >= 15 is 0 Å². The summed E-state index contributed by atoms with van der Waals surface area (Å²) in [5.41, 5.74) is 0. The van der Waals surface area contributed by atoms with Gasteiger partial charge < -0.3 is 0 Å². The van der Waals surface area contributed by atoms with Crippen molar-refractivity contribution >= 4 is 0 Å². The minimum Gasteiger partial charge on any atom is 0 e. The van der Waals surface area contributed by atoms with Gasteiger partial charge >= 0.3 is 0 Å². The molecule has 37 valence electrons. The van der Waals surface area contributed by atoms with Crippen molar-refractivity contribution in [1.29, 1.82) is 0 Å². The Kier molecular flexibility index (Phi) is 181. The Morgan fingerprint density at radius 2 is 0.750 bits per heavy atom.